The molecule has 0 spiro atoms. The van der Waals surface area contributed by atoms with Crippen LogP contribution in [0.4, 0.5) is 14.5 Å². The summed E-state index contributed by atoms with van der Waals surface area (Å²) in [6.45, 7) is 1.75. The Morgan fingerprint density at radius 3 is 2.68 bits per heavy atom. The smallest absolute Gasteiger partial charge is 0.164 e. The van der Waals surface area contributed by atoms with Gasteiger partial charge in [-0.1, -0.05) is 39.7 Å². The van der Waals surface area contributed by atoms with Gasteiger partial charge in [-0.3, -0.25) is 0 Å². The minimum absolute atomic E-state index is 0.260. The van der Waals surface area contributed by atoms with Crippen LogP contribution in [-0.2, 0) is 0 Å². The molecule has 1 atom stereocenters. The Kier molecular flexibility index (Phi) is 4.42. The summed E-state index contributed by atoms with van der Waals surface area (Å²) in [4.78, 5) is 0. The van der Waals surface area contributed by atoms with Crippen LogP contribution in [0.5, 0.6) is 0 Å². The number of benzene rings is 2. The van der Waals surface area contributed by atoms with Gasteiger partial charge in [0.25, 0.3) is 0 Å². The van der Waals surface area contributed by atoms with Gasteiger partial charge in [-0.2, -0.15) is 0 Å². The van der Waals surface area contributed by atoms with Crippen molar-refractivity contribution in [2.24, 2.45) is 0 Å². The highest BCUT2D eigenvalue weighted by Crippen LogP contribution is 2.30. The Labute approximate surface area is 123 Å². The van der Waals surface area contributed by atoms with Gasteiger partial charge < -0.3 is 5.32 Å². The lowest BCUT2D eigenvalue weighted by molar-refractivity contribution is 0.494. The third kappa shape index (κ3) is 3.25. The average molecular weight is 347 g/mol. The van der Waals surface area contributed by atoms with E-state index < -0.39 is 17.7 Å². The van der Waals surface area contributed by atoms with Crippen molar-refractivity contribution in [2.45, 2.75) is 13.0 Å². The molecule has 0 aromatic heterocycles. The molecule has 0 aliphatic heterocycles. The second-order valence-electron chi connectivity index (χ2n) is 4.13. The van der Waals surface area contributed by atoms with Crippen LogP contribution in [0, 0.1) is 11.6 Å². The molecule has 19 heavy (non-hydrogen) atoms. The normalized spacial score (nSPS) is 12.3. The molecule has 0 bridgehead atoms. The zero-order valence-electron chi connectivity index (χ0n) is 10.1. The standard InChI is InChI=1S/C14H11BrClF2N/c1-8(10-3-2-4-12(17)14(10)18)19-13-7-9(15)5-6-11(13)16/h2-8,19H,1H3. The van der Waals surface area contributed by atoms with Gasteiger partial charge in [0.05, 0.1) is 16.8 Å². The second-order valence-corrected chi connectivity index (χ2v) is 5.46. The van der Waals surface area contributed by atoms with Crippen LogP contribution in [0.2, 0.25) is 5.02 Å². The molecule has 1 unspecified atom stereocenters. The van der Waals surface area contributed by atoms with Gasteiger partial charge in [-0.15, -0.1) is 0 Å². The molecule has 2 aromatic carbocycles. The lowest BCUT2D eigenvalue weighted by Gasteiger charge is -2.17. The number of halogens is 4. The minimum atomic E-state index is -0.855. The van der Waals surface area contributed by atoms with Crippen LogP contribution in [0.3, 0.4) is 0 Å². The summed E-state index contributed by atoms with van der Waals surface area (Å²) in [6.07, 6.45) is 0. The summed E-state index contributed by atoms with van der Waals surface area (Å²) in [5.74, 6) is -1.69. The summed E-state index contributed by atoms with van der Waals surface area (Å²) >= 11 is 9.38. The van der Waals surface area contributed by atoms with E-state index in [4.69, 9.17) is 11.6 Å². The molecule has 1 nitrogen and oxygen atoms in total. The van der Waals surface area contributed by atoms with Crippen LogP contribution in [-0.4, -0.2) is 0 Å². The first-order valence-electron chi connectivity index (χ1n) is 5.64. The van der Waals surface area contributed by atoms with Gasteiger partial charge in [-0.25, -0.2) is 8.78 Å². The molecule has 5 heteroatoms. The lowest BCUT2D eigenvalue weighted by Crippen LogP contribution is -2.10. The van der Waals surface area contributed by atoms with Gasteiger partial charge in [0.1, 0.15) is 0 Å². The maximum atomic E-state index is 13.7. The van der Waals surface area contributed by atoms with Gasteiger partial charge in [0.15, 0.2) is 11.6 Å². The fraction of sp³-hybridized carbons (Fsp3) is 0.143. The number of anilines is 1. The summed E-state index contributed by atoms with van der Waals surface area (Å²) in [6, 6.07) is 9.04. The maximum absolute atomic E-state index is 13.7. The van der Waals surface area contributed by atoms with Crippen LogP contribution >= 0.6 is 27.5 Å². The Balaban J connectivity index is 2.28. The third-order valence-electron chi connectivity index (χ3n) is 2.75. The predicted molar refractivity (Wildman–Crippen MR) is 77.5 cm³/mol. The van der Waals surface area contributed by atoms with Crippen molar-refractivity contribution in [3.8, 4) is 0 Å². The van der Waals surface area contributed by atoms with Crippen LogP contribution in [0.15, 0.2) is 40.9 Å². The molecule has 100 valence electrons. The highest BCUT2D eigenvalue weighted by atomic mass is 79.9. The fourth-order valence-corrected chi connectivity index (χ4v) is 2.31. The molecule has 0 radical (unpaired) electrons. The Bertz CT molecular complexity index is 604. The lowest BCUT2D eigenvalue weighted by atomic mass is 10.1. The Hall–Kier alpha value is -1.13. The molecule has 0 saturated heterocycles. The largest absolute Gasteiger partial charge is 0.377 e. The van der Waals surface area contributed by atoms with Crippen LogP contribution < -0.4 is 5.32 Å². The fourth-order valence-electron chi connectivity index (χ4n) is 1.77. The topological polar surface area (TPSA) is 12.0 Å². The van der Waals surface area contributed by atoms with Gasteiger partial charge >= 0.3 is 0 Å². The van der Waals surface area contributed by atoms with Crippen LogP contribution in [0.1, 0.15) is 18.5 Å². The van der Waals surface area contributed by atoms with E-state index >= 15 is 0 Å². The van der Waals surface area contributed by atoms with Crippen molar-refractivity contribution in [2.75, 3.05) is 5.32 Å². The molecule has 2 rings (SSSR count). The highest BCUT2D eigenvalue weighted by Gasteiger charge is 2.15. The number of hydrogen-bond donors (Lipinski definition) is 1. The molecule has 0 heterocycles. The van der Waals surface area contributed by atoms with Crippen molar-refractivity contribution in [3.63, 3.8) is 0 Å². The highest BCUT2D eigenvalue weighted by molar-refractivity contribution is 9.10. The first-order valence-corrected chi connectivity index (χ1v) is 6.81. The zero-order valence-corrected chi connectivity index (χ0v) is 12.4. The van der Waals surface area contributed by atoms with E-state index in [0.717, 1.165) is 10.5 Å². The molecule has 0 aliphatic rings. The molecule has 0 amide bonds. The molecular formula is C14H11BrClF2N. The molecular weight excluding hydrogens is 336 g/mol. The van der Waals surface area contributed by atoms with E-state index in [9.17, 15) is 8.78 Å². The summed E-state index contributed by atoms with van der Waals surface area (Å²) in [5.41, 5.74) is 0.920. The molecule has 0 aliphatic carbocycles. The van der Waals surface area contributed by atoms with Gasteiger partial charge in [0, 0.05) is 10.0 Å². The number of hydrogen-bond acceptors (Lipinski definition) is 1. The van der Waals surface area contributed by atoms with E-state index in [2.05, 4.69) is 21.2 Å². The van der Waals surface area contributed by atoms with Crippen molar-refractivity contribution in [1.82, 2.24) is 0 Å². The van der Waals surface area contributed by atoms with Gasteiger partial charge in [-0.05, 0) is 31.2 Å². The van der Waals surface area contributed by atoms with Crippen molar-refractivity contribution in [1.29, 1.82) is 0 Å². The number of nitrogens with one attached hydrogen (secondary N) is 1. The second kappa shape index (κ2) is 5.88. The zero-order chi connectivity index (χ0) is 14.0. The average Bonchev–Trinajstić information content (AvgIpc) is 2.37. The van der Waals surface area contributed by atoms with E-state index in [0.29, 0.717) is 10.7 Å². The van der Waals surface area contributed by atoms with Crippen molar-refractivity contribution >= 4 is 33.2 Å². The summed E-state index contributed by atoms with van der Waals surface area (Å²) in [7, 11) is 0. The quantitative estimate of drug-likeness (QED) is 0.768. The van der Waals surface area contributed by atoms with Crippen molar-refractivity contribution in [3.05, 3.63) is 63.1 Å². The molecule has 0 fully saturated rings. The monoisotopic (exact) mass is 345 g/mol. The SMILES string of the molecule is CC(Nc1cc(Br)ccc1Cl)c1cccc(F)c1F. The predicted octanol–water partition coefficient (Wildman–Crippen LogP) is 5.55. The summed E-state index contributed by atoms with van der Waals surface area (Å²) < 4.78 is 27.7. The Morgan fingerprint density at radius 2 is 1.95 bits per heavy atom. The van der Waals surface area contributed by atoms with E-state index in [1.54, 1.807) is 31.2 Å². The van der Waals surface area contributed by atoms with E-state index in [1.807, 2.05) is 0 Å². The minimum Gasteiger partial charge on any atom is -0.377 e. The molecule has 1 N–H and O–H groups in total. The first-order chi connectivity index (χ1) is 8.99. The molecule has 2 aromatic rings. The molecule has 0 saturated carbocycles. The van der Waals surface area contributed by atoms with Crippen molar-refractivity contribution < 1.29 is 8.78 Å². The number of rotatable bonds is 3. The first kappa shape index (κ1) is 14.3. The van der Waals surface area contributed by atoms with E-state index in [-0.39, 0.29) is 5.56 Å². The maximum Gasteiger partial charge on any atom is 0.164 e. The summed E-state index contributed by atoms with van der Waals surface area (Å²) in [5, 5.41) is 3.59. The third-order valence-corrected chi connectivity index (χ3v) is 3.57. The Morgan fingerprint density at radius 1 is 1.21 bits per heavy atom. The van der Waals surface area contributed by atoms with E-state index in [1.165, 1.54) is 6.07 Å². The van der Waals surface area contributed by atoms with Crippen LogP contribution in [0.25, 0.3) is 0 Å². The van der Waals surface area contributed by atoms with Gasteiger partial charge in [0.2, 0.25) is 0 Å².